The Kier molecular flexibility index (Phi) is 7.42. The summed E-state index contributed by atoms with van der Waals surface area (Å²) in [6.45, 7) is 0. The van der Waals surface area contributed by atoms with Crippen molar-refractivity contribution in [2.45, 2.75) is 0 Å². The summed E-state index contributed by atoms with van der Waals surface area (Å²) in [5.74, 6) is 1.85. The summed E-state index contributed by atoms with van der Waals surface area (Å²) in [5.41, 5.74) is 12.5. The smallest absolute Gasteiger partial charge is 0.164 e. The summed E-state index contributed by atoms with van der Waals surface area (Å²) < 4.78 is 8.86. The molecule has 0 N–H and O–H groups in total. The highest BCUT2D eigenvalue weighted by atomic mass is 16.3. The molecule has 0 aliphatic carbocycles. The number of fused-ring (bicyclic) bond motifs is 6. The molecule has 0 amide bonds. The fourth-order valence-corrected chi connectivity index (χ4v) is 7.92. The molecule has 5 heteroatoms. The van der Waals surface area contributed by atoms with Crippen LogP contribution in [0.15, 0.2) is 199 Å². The van der Waals surface area contributed by atoms with Gasteiger partial charge in [0.1, 0.15) is 11.2 Å². The standard InChI is InChI=1S/C51H32N4O/c1-4-13-33(14-5-1)37-24-27-46-43(30-37)41-21-10-11-22-45(41)55(46)40-20-12-19-36(29-40)38-25-28-47-44(31-38)42-26-23-39(32-48(42)56-47)51-53-49(34-15-6-2-7-16-34)52-50(54-51)35-17-8-3-9-18-35/h1-32H. The van der Waals surface area contributed by atoms with Crippen molar-refractivity contribution in [3.63, 3.8) is 0 Å². The van der Waals surface area contributed by atoms with Gasteiger partial charge in [-0.1, -0.05) is 140 Å². The van der Waals surface area contributed by atoms with Crippen molar-refractivity contribution in [2.75, 3.05) is 0 Å². The fourth-order valence-electron chi connectivity index (χ4n) is 7.92. The summed E-state index contributed by atoms with van der Waals surface area (Å²) in [4.78, 5) is 14.7. The molecule has 11 aromatic rings. The van der Waals surface area contributed by atoms with Gasteiger partial charge >= 0.3 is 0 Å². The zero-order valence-corrected chi connectivity index (χ0v) is 30.2. The minimum absolute atomic E-state index is 0.596. The number of hydrogen-bond acceptors (Lipinski definition) is 4. The Morgan fingerprint density at radius 1 is 0.304 bits per heavy atom. The lowest BCUT2D eigenvalue weighted by atomic mass is 10.0. The van der Waals surface area contributed by atoms with Crippen LogP contribution in [-0.4, -0.2) is 19.5 Å². The second-order valence-corrected chi connectivity index (χ2v) is 14.1. The van der Waals surface area contributed by atoms with Gasteiger partial charge in [0, 0.05) is 43.9 Å². The number of furan rings is 1. The van der Waals surface area contributed by atoms with Gasteiger partial charge in [-0.05, 0) is 76.9 Å². The lowest BCUT2D eigenvalue weighted by Crippen LogP contribution is -2.00. The van der Waals surface area contributed by atoms with E-state index in [0.29, 0.717) is 17.5 Å². The van der Waals surface area contributed by atoms with Crippen molar-refractivity contribution in [1.82, 2.24) is 19.5 Å². The van der Waals surface area contributed by atoms with Crippen molar-refractivity contribution >= 4 is 43.7 Å². The maximum atomic E-state index is 6.48. The minimum atomic E-state index is 0.596. The molecule has 5 nitrogen and oxygen atoms in total. The van der Waals surface area contributed by atoms with Crippen molar-refractivity contribution in [3.05, 3.63) is 194 Å². The molecule has 3 aromatic heterocycles. The van der Waals surface area contributed by atoms with Gasteiger partial charge in [0.2, 0.25) is 0 Å². The molecular weight excluding hydrogens is 685 g/mol. The minimum Gasteiger partial charge on any atom is -0.456 e. The molecule has 0 atom stereocenters. The van der Waals surface area contributed by atoms with Crippen LogP contribution in [0, 0.1) is 0 Å². The Bertz CT molecular complexity index is 3180. The third-order valence-electron chi connectivity index (χ3n) is 10.6. The van der Waals surface area contributed by atoms with Crippen LogP contribution >= 0.6 is 0 Å². The molecule has 0 saturated carbocycles. The molecule has 0 bridgehead atoms. The van der Waals surface area contributed by atoms with Gasteiger partial charge in [0.15, 0.2) is 17.5 Å². The van der Waals surface area contributed by atoms with E-state index in [-0.39, 0.29) is 0 Å². The van der Waals surface area contributed by atoms with Gasteiger partial charge < -0.3 is 8.98 Å². The summed E-state index contributed by atoms with van der Waals surface area (Å²) in [6.07, 6.45) is 0. The molecule has 0 fully saturated rings. The Morgan fingerprint density at radius 3 is 1.57 bits per heavy atom. The average molecular weight is 717 g/mol. The van der Waals surface area contributed by atoms with Gasteiger partial charge in [-0.2, -0.15) is 0 Å². The van der Waals surface area contributed by atoms with Gasteiger partial charge in [-0.25, -0.2) is 15.0 Å². The third kappa shape index (κ3) is 5.45. The van der Waals surface area contributed by atoms with Crippen LogP contribution in [0.3, 0.4) is 0 Å². The van der Waals surface area contributed by atoms with E-state index in [0.717, 1.165) is 55.4 Å². The second kappa shape index (κ2) is 13.0. The first kappa shape index (κ1) is 31.9. The largest absolute Gasteiger partial charge is 0.456 e. The van der Waals surface area contributed by atoms with Crippen LogP contribution in [0.4, 0.5) is 0 Å². The molecule has 0 unspecified atom stereocenters. The maximum absolute atomic E-state index is 6.48. The van der Waals surface area contributed by atoms with Crippen LogP contribution in [0.25, 0.3) is 106 Å². The van der Waals surface area contributed by atoms with E-state index in [4.69, 9.17) is 19.4 Å². The number of hydrogen-bond donors (Lipinski definition) is 0. The number of aromatic nitrogens is 4. The SMILES string of the molecule is c1ccc(-c2ccc3c(c2)c2ccccc2n3-c2cccc(-c3ccc4oc5cc(-c6nc(-c7ccccc7)nc(-c7ccccc7)n6)ccc5c4c3)c2)cc1. The highest BCUT2D eigenvalue weighted by molar-refractivity contribution is 6.11. The summed E-state index contributed by atoms with van der Waals surface area (Å²) in [6, 6.07) is 67.6. The molecule has 0 saturated heterocycles. The van der Waals surface area contributed by atoms with E-state index in [1.165, 1.54) is 32.9 Å². The van der Waals surface area contributed by atoms with E-state index in [2.05, 4.69) is 132 Å². The fraction of sp³-hybridized carbons (Fsp3) is 0. The molecule has 56 heavy (non-hydrogen) atoms. The van der Waals surface area contributed by atoms with E-state index in [1.54, 1.807) is 0 Å². The third-order valence-corrected chi connectivity index (χ3v) is 10.6. The lowest BCUT2D eigenvalue weighted by Gasteiger charge is -2.11. The highest BCUT2D eigenvalue weighted by Crippen LogP contribution is 2.38. The molecule has 262 valence electrons. The summed E-state index contributed by atoms with van der Waals surface area (Å²) >= 11 is 0. The zero-order chi connectivity index (χ0) is 37.0. The topological polar surface area (TPSA) is 56.7 Å². The van der Waals surface area contributed by atoms with Gasteiger partial charge in [-0.3, -0.25) is 0 Å². The molecule has 8 aromatic carbocycles. The van der Waals surface area contributed by atoms with E-state index >= 15 is 0 Å². The Morgan fingerprint density at radius 2 is 0.839 bits per heavy atom. The van der Waals surface area contributed by atoms with Crippen LogP contribution in [0.5, 0.6) is 0 Å². The highest BCUT2D eigenvalue weighted by Gasteiger charge is 2.17. The Balaban J connectivity index is 0.988. The van der Waals surface area contributed by atoms with Crippen molar-refractivity contribution in [1.29, 1.82) is 0 Å². The predicted octanol–water partition coefficient (Wildman–Crippen LogP) is 13.2. The summed E-state index contributed by atoms with van der Waals surface area (Å²) in [7, 11) is 0. The first-order valence-electron chi connectivity index (χ1n) is 18.8. The van der Waals surface area contributed by atoms with E-state index in [1.807, 2.05) is 66.7 Å². The number of benzene rings is 8. The first-order valence-corrected chi connectivity index (χ1v) is 18.8. The van der Waals surface area contributed by atoms with Gasteiger partial charge in [-0.15, -0.1) is 0 Å². The predicted molar refractivity (Wildman–Crippen MR) is 229 cm³/mol. The van der Waals surface area contributed by atoms with Crippen LogP contribution in [0.2, 0.25) is 0 Å². The first-order chi connectivity index (χ1) is 27.7. The summed E-state index contributed by atoms with van der Waals surface area (Å²) in [5, 5.41) is 4.58. The normalized spacial score (nSPS) is 11.6. The van der Waals surface area contributed by atoms with Crippen molar-refractivity contribution < 1.29 is 4.42 Å². The average Bonchev–Trinajstić information content (AvgIpc) is 3.82. The number of nitrogens with zero attached hydrogens (tertiary/aromatic N) is 4. The van der Waals surface area contributed by atoms with Crippen LogP contribution in [0.1, 0.15) is 0 Å². The number of rotatable bonds is 6. The van der Waals surface area contributed by atoms with Crippen LogP contribution < -0.4 is 0 Å². The Hall–Kier alpha value is -7.63. The molecule has 3 heterocycles. The van der Waals surface area contributed by atoms with Gasteiger partial charge in [0.05, 0.1) is 11.0 Å². The quantitative estimate of drug-likeness (QED) is 0.172. The van der Waals surface area contributed by atoms with E-state index < -0.39 is 0 Å². The molecule has 0 aliphatic heterocycles. The molecule has 0 aliphatic rings. The van der Waals surface area contributed by atoms with Crippen molar-refractivity contribution in [3.8, 4) is 62.1 Å². The monoisotopic (exact) mass is 716 g/mol. The number of para-hydroxylation sites is 1. The van der Waals surface area contributed by atoms with E-state index in [9.17, 15) is 0 Å². The Labute approximate surface area is 322 Å². The molecule has 0 spiro atoms. The molecule has 11 rings (SSSR count). The van der Waals surface area contributed by atoms with Gasteiger partial charge in [0.25, 0.3) is 0 Å². The molecule has 0 radical (unpaired) electrons. The van der Waals surface area contributed by atoms with Crippen molar-refractivity contribution in [2.24, 2.45) is 0 Å². The zero-order valence-electron chi connectivity index (χ0n) is 30.2. The maximum Gasteiger partial charge on any atom is 0.164 e. The molecular formula is C51H32N4O. The van der Waals surface area contributed by atoms with Crippen LogP contribution in [-0.2, 0) is 0 Å². The second-order valence-electron chi connectivity index (χ2n) is 14.1. The lowest BCUT2D eigenvalue weighted by molar-refractivity contribution is 0.669.